The first-order valence-electron chi connectivity index (χ1n) is 9.86. The van der Waals surface area contributed by atoms with E-state index in [-0.39, 0.29) is 17.9 Å². The van der Waals surface area contributed by atoms with E-state index in [9.17, 15) is 9.59 Å². The lowest BCUT2D eigenvalue weighted by molar-refractivity contribution is -0.121. The molecule has 0 aliphatic carbocycles. The van der Waals surface area contributed by atoms with Gasteiger partial charge in [0.15, 0.2) is 0 Å². The number of carbonyl (C=O) groups is 2. The van der Waals surface area contributed by atoms with E-state index in [1.807, 2.05) is 39.0 Å². The Morgan fingerprint density at radius 3 is 2.75 bits per heavy atom. The summed E-state index contributed by atoms with van der Waals surface area (Å²) in [5.41, 5.74) is -0.496. The molecule has 1 heterocycles. The fraction of sp³-hybridized carbons (Fsp3) is 0.619. The predicted molar refractivity (Wildman–Crippen MR) is 110 cm³/mol. The maximum Gasteiger partial charge on any atom is 0.410 e. The number of amides is 2. The predicted octanol–water partition coefficient (Wildman–Crippen LogP) is 4.26. The first kappa shape index (κ1) is 22.3. The maximum absolute atomic E-state index is 12.2. The van der Waals surface area contributed by atoms with E-state index in [1.54, 1.807) is 11.0 Å². The first-order chi connectivity index (χ1) is 13.2. The van der Waals surface area contributed by atoms with Crippen LogP contribution in [0.5, 0.6) is 5.75 Å². The molecule has 1 aliphatic heterocycles. The molecule has 156 valence electrons. The highest BCUT2D eigenvalue weighted by Gasteiger charge is 2.27. The number of carbonyl (C=O) groups excluding carboxylic acids is 2. The van der Waals surface area contributed by atoms with Crippen molar-refractivity contribution >= 4 is 23.6 Å². The molecule has 1 aliphatic rings. The summed E-state index contributed by atoms with van der Waals surface area (Å²) >= 11 is 6.03. The Kier molecular flexibility index (Phi) is 8.42. The average Bonchev–Trinajstić information content (AvgIpc) is 2.64. The van der Waals surface area contributed by atoms with Crippen molar-refractivity contribution in [1.82, 2.24) is 10.2 Å². The van der Waals surface area contributed by atoms with Crippen LogP contribution >= 0.6 is 11.6 Å². The lowest BCUT2D eigenvalue weighted by atomic mass is 9.98. The summed E-state index contributed by atoms with van der Waals surface area (Å²) in [6.07, 6.45) is 2.65. The second-order valence-corrected chi connectivity index (χ2v) is 8.53. The second kappa shape index (κ2) is 10.6. The lowest BCUT2D eigenvalue weighted by Gasteiger charge is -2.34. The third kappa shape index (κ3) is 7.97. The minimum absolute atomic E-state index is 0.00264. The van der Waals surface area contributed by atoms with Crippen molar-refractivity contribution in [1.29, 1.82) is 0 Å². The summed E-state index contributed by atoms with van der Waals surface area (Å²) in [6, 6.07) is 7.28. The van der Waals surface area contributed by atoms with Gasteiger partial charge in [0.25, 0.3) is 0 Å². The van der Waals surface area contributed by atoms with Crippen molar-refractivity contribution in [3.8, 4) is 5.75 Å². The van der Waals surface area contributed by atoms with E-state index < -0.39 is 5.60 Å². The first-order valence-corrected chi connectivity index (χ1v) is 10.2. The van der Waals surface area contributed by atoms with Crippen molar-refractivity contribution in [2.75, 3.05) is 26.2 Å². The van der Waals surface area contributed by atoms with E-state index >= 15 is 0 Å². The molecule has 28 heavy (non-hydrogen) atoms. The van der Waals surface area contributed by atoms with Crippen LogP contribution in [0.25, 0.3) is 0 Å². The Morgan fingerprint density at radius 2 is 2.04 bits per heavy atom. The van der Waals surface area contributed by atoms with Gasteiger partial charge >= 0.3 is 6.09 Å². The Labute approximate surface area is 172 Å². The number of hydrogen-bond donors (Lipinski definition) is 1. The van der Waals surface area contributed by atoms with E-state index in [4.69, 9.17) is 21.1 Å². The Hall–Kier alpha value is -1.95. The van der Waals surface area contributed by atoms with Gasteiger partial charge in [0.05, 0.1) is 11.6 Å². The summed E-state index contributed by atoms with van der Waals surface area (Å²) in [7, 11) is 0. The van der Waals surface area contributed by atoms with Crippen molar-refractivity contribution < 1.29 is 19.1 Å². The summed E-state index contributed by atoms with van der Waals surface area (Å²) < 4.78 is 11.0. The van der Waals surface area contributed by atoms with Crippen LogP contribution in [0.2, 0.25) is 5.02 Å². The quantitative estimate of drug-likeness (QED) is 0.682. The number of nitrogens with zero attached hydrogens (tertiary/aromatic N) is 1. The minimum Gasteiger partial charge on any atom is -0.492 e. The highest BCUT2D eigenvalue weighted by atomic mass is 35.5. The fourth-order valence-electron chi connectivity index (χ4n) is 3.05. The van der Waals surface area contributed by atoms with E-state index in [1.165, 1.54) is 0 Å². The molecule has 0 saturated carbocycles. The molecule has 2 rings (SSSR count). The van der Waals surface area contributed by atoms with Gasteiger partial charge in [-0.3, -0.25) is 4.79 Å². The standard InChI is InChI=1S/C21H31ClN2O4/c1-21(2,3)28-20(26)24-12-6-8-16(15-24)14-23-19(25)11-7-13-27-18-10-5-4-9-17(18)22/h4-5,9-10,16H,6-8,11-15H2,1-3H3,(H,23,25). The fourth-order valence-corrected chi connectivity index (χ4v) is 3.24. The Morgan fingerprint density at radius 1 is 1.29 bits per heavy atom. The molecule has 7 heteroatoms. The Bertz CT molecular complexity index is 660. The number of rotatable bonds is 7. The van der Waals surface area contributed by atoms with Crippen LogP contribution in [0.3, 0.4) is 0 Å². The molecule has 1 unspecified atom stereocenters. The third-order valence-corrected chi connectivity index (χ3v) is 4.71. The molecule has 6 nitrogen and oxygen atoms in total. The molecular weight excluding hydrogens is 380 g/mol. The minimum atomic E-state index is -0.496. The lowest BCUT2D eigenvalue weighted by Crippen LogP contribution is -2.45. The second-order valence-electron chi connectivity index (χ2n) is 8.12. The monoisotopic (exact) mass is 410 g/mol. The van der Waals surface area contributed by atoms with Crippen LogP contribution in [0.4, 0.5) is 4.79 Å². The molecule has 1 N–H and O–H groups in total. The van der Waals surface area contributed by atoms with Crippen molar-refractivity contribution in [3.63, 3.8) is 0 Å². The number of para-hydroxylation sites is 1. The topological polar surface area (TPSA) is 67.9 Å². The summed E-state index contributed by atoms with van der Waals surface area (Å²) in [6.45, 7) is 7.92. The van der Waals surface area contributed by atoms with Gasteiger partial charge < -0.3 is 19.7 Å². The number of benzene rings is 1. The van der Waals surface area contributed by atoms with Crippen molar-refractivity contribution in [3.05, 3.63) is 29.3 Å². The van der Waals surface area contributed by atoms with Crippen LogP contribution in [0.15, 0.2) is 24.3 Å². The molecule has 1 saturated heterocycles. The zero-order valence-corrected chi connectivity index (χ0v) is 17.8. The zero-order chi connectivity index (χ0) is 20.6. The molecule has 1 atom stereocenters. The van der Waals surface area contributed by atoms with Gasteiger partial charge in [-0.05, 0) is 58.1 Å². The average molecular weight is 411 g/mol. The molecule has 0 spiro atoms. The molecular formula is C21H31ClN2O4. The van der Waals surface area contributed by atoms with Crippen LogP contribution in [0.1, 0.15) is 46.5 Å². The summed E-state index contributed by atoms with van der Waals surface area (Å²) in [5, 5.41) is 3.54. The van der Waals surface area contributed by atoms with Crippen molar-refractivity contribution in [2.45, 2.75) is 52.1 Å². The number of ether oxygens (including phenoxy) is 2. The van der Waals surface area contributed by atoms with E-state index in [0.29, 0.717) is 49.9 Å². The van der Waals surface area contributed by atoms with Crippen molar-refractivity contribution in [2.24, 2.45) is 5.92 Å². The van der Waals surface area contributed by atoms with Crippen LogP contribution in [-0.2, 0) is 9.53 Å². The molecule has 0 aromatic heterocycles. The molecule has 1 aromatic rings. The van der Waals surface area contributed by atoms with Gasteiger partial charge in [0, 0.05) is 26.1 Å². The molecule has 0 radical (unpaired) electrons. The number of hydrogen-bond acceptors (Lipinski definition) is 4. The van der Waals surface area contributed by atoms with E-state index in [2.05, 4.69) is 5.32 Å². The Balaban J connectivity index is 1.64. The smallest absolute Gasteiger partial charge is 0.410 e. The summed E-state index contributed by atoms with van der Waals surface area (Å²) in [4.78, 5) is 26.0. The van der Waals surface area contributed by atoms with Crippen LogP contribution in [0, 0.1) is 5.92 Å². The van der Waals surface area contributed by atoms with Gasteiger partial charge in [-0.25, -0.2) is 4.79 Å². The third-order valence-electron chi connectivity index (χ3n) is 4.40. The number of halogens is 1. The maximum atomic E-state index is 12.2. The van der Waals surface area contributed by atoms with Gasteiger partial charge in [0.2, 0.25) is 5.91 Å². The van der Waals surface area contributed by atoms with Gasteiger partial charge in [0.1, 0.15) is 11.4 Å². The van der Waals surface area contributed by atoms with Gasteiger partial charge in [-0.15, -0.1) is 0 Å². The highest BCUT2D eigenvalue weighted by Crippen LogP contribution is 2.23. The number of piperidine rings is 1. The molecule has 2 amide bonds. The number of nitrogens with one attached hydrogen (secondary N) is 1. The van der Waals surface area contributed by atoms with Crippen LogP contribution < -0.4 is 10.1 Å². The zero-order valence-electron chi connectivity index (χ0n) is 17.0. The largest absolute Gasteiger partial charge is 0.492 e. The molecule has 1 fully saturated rings. The van der Waals surface area contributed by atoms with Gasteiger partial charge in [-0.2, -0.15) is 0 Å². The SMILES string of the molecule is CC(C)(C)OC(=O)N1CCCC(CNC(=O)CCCOc2ccccc2Cl)C1. The molecule has 1 aromatic carbocycles. The van der Waals surface area contributed by atoms with Crippen LogP contribution in [-0.4, -0.2) is 48.7 Å². The normalized spacial score (nSPS) is 17.1. The number of likely N-dealkylation sites (tertiary alicyclic amines) is 1. The van der Waals surface area contributed by atoms with Gasteiger partial charge in [-0.1, -0.05) is 23.7 Å². The summed E-state index contributed by atoms with van der Waals surface area (Å²) in [5.74, 6) is 0.885. The van der Waals surface area contributed by atoms with E-state index in [0.717, 1.165) is 12.8 Å². The highest BCUT2D eigenvalue weighted by molar-refractivity contribution is 6.32. The molecule has 0 bridgehead atoms.